The maximum atomic E-state index is 11.1. The smallest absolute Gasteiger partial charge is 0.307 e. The number of esters is 1. The molecule has 1 atom stereocenters. The summed E-state index contributed by atoms with van der Waals surface area (Å²) in [6.07, 6.45) is 0.00492. The van der Waals surface area contributed by atoms with Gasteiger partial charge in [-0.25, -0.2) is 0 Å². The summed E-state index contributed by atoms with van der Waals surface area (Å²) in [6, 6.07) is 6.88. The first-order valence-electron chi connectivity index (χ1n) is 4.50. The molecular formula is C11H9Cl2NO2. The Kier molecular flexibility index (Phi) is 4.60. The number of methoxy groups -OCH3 is 1. The second kappa shape index (κ2) is 5.74. The predicted octanol–water partition coefficient (Wildman–Crippen LogP) is 3.16. The molecular weight excluding hydrogens is 249 g/mol. The van der Waals surface area contributed by atoms with Gasteiger partial charge in [0.25, 0.3) is 0 Å². The third-order valence-electron chi connectivity index (χ3n) is 2.10. The molecule has 0 saturated heterocycles. The number of carbonyl (C=O) groups excluding carboxylic acids is 1. The number of rotatable bonds is 3. The molecule has 0 amide bonds. The zero-order valence-corrected chi connectivity index (χ0v) is 10.0. The molecule has 16 heavy (non-hydrogen) atoms. The van der Waals surface area contributed by atoms with Crippen LogP contribution in [0.3, 0.4) is 0 Å². The van der Waals surface area contributed by atoms with E-state index < -0.39 is 11.9 Å². The molecule has 0 aliphatic carbocycles. The van der Waals surface area contributed by atoms with Crippen LogP contribution in [0.4, 0.5) is 0 Å². The molecule has 0 saturated carbocycles. The van der Waals surface area contributed by atoms with Crippen molar-refractivity contribution < 1.29 is 9.53 Å². The molecule has 3 nitrogen and oxygen atoms in total. The molecule has 0 aliphatic rings. The Morgan fingerprint density at radius 1 is 1.50 bits per heavy atom. The van der Waals surface area contributed by atoms with Crippen molar-refractivity contribution in [3.8, 4) is 6.07 Å². The van der Waals surface area contributed by atoms with E-state index in [-0.39, 0.29) is 6.42 Å². The number of nitriles is 1. The van der Waals surface area contributed by atoms with E-state index in [0.717, 1.165) is 0 Å². The fourth-order valence-electron chi connectivity index (χ4n) is 1.22. The van der Waals surface area contributed by atoms with Gasteiger partial charge >= 0.3 is 5.97 Å². The van der Waals surface area contributed by atoms with Crippen molar-refractivity contribution in [1.82, 2.24) is 0 Å². The molecule has 0 fully saturated rings. The van der Waals surface area contributed by atoms with Crippen molar-refractivity contribution in [2.75, 3.05) is 7.11 Å². The van der Waals surface area contributed by atoms with Gasteiger partial charge in [-0.2, -0.15) is 5.26 Å². The van der Waals surface area contributed by atoms with E-state index in [0.29, 0.717) is 15.6 Å². The lowest BCUT2D eigenvalue weighted by Crippen LogP contribution is -2.07. The Balaban J connectivity index is 2.92. The van der Waals surface area contributed by atoms with Crippen molar-refractivity contribution in [3.05, 3.63) is 33.8 Å². The summed E-state index contributed by atoms with van der Waals surface area (Å²) in [6.45, 7) is 0. The van der Waals surface area contributed by atoms with Crippen LogP contribution >= 0.6 is 23.2 Å². The highest BCUT2D eigenvalue weighted by atomic mass is 35.5. The summed E-state index contributed by atoms with van der Waals surface area (Å²) in [7, 11) is 1.28. The molecule has 0 N–H and O–H groups in total. The fraction of sp³-hybridized carbons (Fsp3) is 0.273. The number of hydrogen-bond acceptors (Lipinski definition) is 3. The molecule has 1 aromatic rings. The van der Waals surface area contributed by atoms with E-state index in [2.05, 4.69) is 4.74 Å². The van der Waals surface area contributed by atoms with E-state index in [1.807, 2.05) is 6.07 Å². The number of ether oxygens (including phenoxy) is 1. The molecule has 0 spiro atoms. The van der Waals surface area contributed by atoms with Crippen LogP contribution in [0.15, 0.2) is 18.2 Å². The SMILES string of the molecule is COC(=O)CC(C#N)c1ccc(Cl)c(Cl)c1. The molecule has 1 unspecified atom stereocenters. The van der Waals surface area contributed by atoms with Crippen LogP contribution in [0.2, 0.25) is 10.0 Å². The third-order valence-corrected chi connectivity index (χ3v) is 2.84. The molecule has 0 aromatic heterocycles. The largest absolute Gasteiger partial charge is 0.469 e. The fourth-order valence-corrected chi connectivity index (χ4v) is 1.52. The standard InChI is InChI=1S/C11H9Cl2NO2/c1-16-11(15)5-8(6-14)7-2-3-9(12)10(13)4-7/h2-4,8H,5H2,1H3. The van der Waals surface area contributed by atoms with E-state index in [1.54, 1.807) is 18.2 Å². The minimum Gasteiger partial charge on any atom is -0.469 e. The monoisotopic (exact) mass is 257 g/mol. The molecule has 5 heteroatoms. The number of hydrogen-bond donors (Lipinski definition) is 0. The topological polar surface area (TPSA) is 50.1 Å². The first-order chi connectivity index (χ1) is 7.58. The summed E-state index contributed by atoms with van der Waals surface area (Å²) in [5.41, 5.74) is 0.655. The van der Waals surface area contributed by atoms with Crippen LogP contribution in [0.5, 0.6) is 0 Å². The molecule has 0 heterocycles. The summed E-state index contributed by atoms with van der Waals surface area (Å²) < 4.78 is 4.51. The summed E-state index contributed by atoms with van der Waals surface area (Å²) >= 11 is 11.6. The highest BCUT2D eigenvalue weighted by Gasteiger charge is 2.16. The second-order valence-electron chi connectivity index (χ2n) is 3.14. The van der Waals surface area contributed by atoms with Crippen LogP contribution in [-0.4, -0.2) is 13.1 Å². The zero-order valence-electron chi connectivity index (χ0n) is 8.54. The number of nitrogens with zero attached hydrogens (tertiary/aromatic N) is 1. The molecule has 1 rings (SSSR count). The first kappa shape index (κ1) is 12.8. The van der Waals surface area contributed by atoms with Gasteiger partial charge in [-0.05, 0) is 17.7 Å². The van der Waals surface area contributed by atoms with E-state index >= 15 is 0 Å². The Labute approximate surface area is 104 Å². The van der Waals surface area contributed by atoms with Crippen molar-refractivity contribution in [3.63, 3.8) is 0 Å². The lowest BCUT2D eigenvalue weighted by Gasteiger charge is -2.08. The van der Waals surface area contributed by atoms with Crippen LogP contribution in [0.25, 0.3) is 0 Å². The van der Waals surface area contributed by atoms with Gasteiger partial charge < -0.3 is 4.74 Å². The molecule has 0 aliphatic heterocycles. The Morgan fingerprint density at radius 2 is 2.19 bits per heavy atom. The minimum atomic E-state index is -0.567. The van der Waals surface area contributed by atoms with Gasteiger partial charge in [-0.3, -0.25) is 4.79 Å². The average Bonchev–Trinajstić information content (AvgIpc) is 2.29. The van der Waals surface area contributed by atoms with E-state index in [4.69, 9.17) is 28.5 Å². The second-order valence-corrected chi connectivity index (χ2v) is 3.95. The van der Waals surface area contributed by atoms with Crippen molar-refractivity contribution in [2.45, 2.75) is 12.3 Å². The van der Waals surface area contributed by atoms with Crippen molar-refractivity contribution in [2.24, 2.45) is 0 Å². The van der Waals surface area contributed by atoms with Gasteiger partial charge in [0.2, 0.25) is 0 Å². The highest BCUT2D eigenvalue weighted by Crippen LogP contribution is 2.27. The maximum absolute atomic E-state index is 11.1. The van der Waals surface area contributed by atoms with Gasteiger partial charge in [0, 0.05) is 0 Å². The summed E-state index contributed by atoms with van der Waals surface area (Å²) in [5.74, 6) is -1.00. The van der Waals surface area contributed by atoms with E-state index in [9.17, 15) is 4.79 Å². The van der Waals surface area contributed by atoms with Gasteiger partial charge in [0.05, 0.1) is 35.6 Å². The zero-order chi connectivity index (χ0) is 12.1. The van der Waals surface area contributed by atoms with Gasteiger partial charge in [0.15, 0.2) is 0 Å². The Morgan fingerprint density at radius 3 is 2.69 bits per heavy atom. The predicted molar refractivity (Wildman–Crippen MR) is 61.4 cm³/mol. The lowest BCUT2D eigenvalue weighted by molar-refractivity contribution is -0.140. The highest BCUT2D eigenvalue weighted by molar-refractivity contribution is 6.42. The molecule has 84 valence electrons. The van der Waals surface area contributed by atoms with Crippen LogP contribution in [-0.2, 0) is 9.53 Å². The maximum Gasteiger partial charge on any atom is 0.307 e. The Hall–Kier alpha value is -1.24. The number of halogens is 2. The van der Waals surface area contributed by atoms with Gasteiger partial charge in [0.1, 0.15) is 0 Å². The number of carbonyl (C=O) groups is 1. The van der Waals surface area contributed by atoms with Crippen LogP contribution in [0.1, 0.15) is 17.9 Å². The minimum absolute atomic E-state index is 0.00492. The van der Waals surface area contributed by atoms with Gasteiger partial charge in [-0.15, -0.1) is 0 Å². The normalized spacial score (nSPS) is 11.6. The molecule has 0 bridgehead atoms. The van der Waals surface area contributed by atoms with Gasteiger partial charge in [-0.1, -0.05) is 29.3 Å². The van der Waals surface area contributed by atoms with E-state index in [1.165, 1.54) is 7.11 Å². The van der Waals surface area contributed by atoms with Crippen LogP contribution in [0, 0.1) is 11.3 Å². The van der Waals surface area contributed by atoms with Crippen LogP contribution < -0.4 is 0 Å². The summed E-state index contributed by atoms with van der Waals surface area (Å²) in [4.78, 5) is 11.1. The molecule has 0 radical (unpaired) electrons. The first-order valence-corrected chi connectivity index (χ1v) is 5.25. The lowest BCUT2D eigenvalue weighted by atomic mass is 9.97. The quantitative estimate of drug-likeness (QED) is 0.782. The number of benzene rings is 1. The van der Waals surface area contributed by atoms with Crippen molar-refractivity contribution >= 4 is 29.2 Å². The molecule has 1 aromatic carbocycles. The summed E-state index contributed by atoms with van der Waals surface area (Å²) in [5, 5.41) is 9.73. The Bertz CT molecular complexity index is 440. The third kappa shape index (κ3) is 3.13. The van der Waals surface area contributed by atoms with Crippen molar-refractivity contribution in [1.29, 1.82) is 5.26 Å². The average molecular weight is 258 g/mol.